The predicted molar refractivity (Wildman–Crippen MR) is 137 cm³/mol. The maximum absolute atomic E-state index is 15.1. The van der Waals surface area contributed by atoms with Crippen molar-refractivity contribution in [3.63, 3.8) is 0 Å². The molecule has 3 aromatic rings. The molecule has 40 heavy (non-hydrogen) atoms. The van der Waals surface area contributed by atoms with Crippen molar-refractivity contribution in [3.05, 3.63) is 60.4 Å². The molecule has 3 atom stereocenters. The molecule has 14 nitrogen and oxygen atoms in total. The van der Waals surface area contributed by atoms with Crippen LogP contribution in [0, 0.1) is 5.82 Å². The Hall–Kier alpha value is -4.92. The fourth-order valence-electron chi connectivity index (χ4n) is 4.41. The van der Waals surface area contributed by atoms with Crippen molar-refractivity contribution in [3.8, 4) is 11.1 Å². The van der Waals surface area contributed by atoms with Crippen LogP contribution in [-0.2, 0) is 25.7 Å². The van der Waals surface area contributed by atoms with E-state index in [1.165, 1.54) is 23.4 Å². The van der Waals surface area contributed by atoms with Gasteiger partial charge in [0.2, 0.25) is 5.91 Å². The number of ether oxygens (including phenoxy) is 1. The number of primary amides is 1. The number of nitrogens with zero attached hydrogens (tertiary/aromatic N) is 6. The van der Waals surface area contributed by atoms with Gasteiger partial charge in [0.25, 0.3) is 0 Å². The minimum Gasteiger partial charge on any atom is -0.480 e. The molecule has 1 saturated heterocycles. The molecule has 0 radical (unpaired) electrons. The zero-order chi connectivity index (χ0) is 28.2. The molecular weight excluding hydrogens is 527 g/mol. The minimum absolute atomic E-state index is 0.138. The van der Waals surface area contributed by atoms with Crippen LogP contribution in [0.4, 0.5) is 14.9 Å². The number of benzene rings is 1. The quantitative estimate of drug-likeness (QED) is 0.309. The van der Waals surface area contributed by atoms with Crippen molar-refractivity contribution in [2.24, 2.45) is 10.9 Å². The van der Waals surface area contributed by atoms with Crippen molar-refractivity contribution < 1.29 is 33.5 Å². The highest BCUT2D eigenvalue weighted by molar-refractivity contribution is 5.99. The van der Waals surface area contributed by atoms with Crippen LogP contribution >= 0.6 is 0 Å². The number of carboxylic acids is 1. The van der Waals surface area contributed by atoms with Gasteiger partial charge in [-0.05, 0) is 24.3 Å². The number of cyclic esters (lactones) is 1. The SMILES string of the molecule is NC(=O)C[C@H](NC[C@@H]1CC(c2ccc(-c3ccc(N4CC(Cn5ccnn5)OC4=O)cc3F)cn2)=NO1)C(=O)O. The third-order valence-electron chi connectivity index (χ3n) is 6.40. The molecule has 5 rings (SSSR count). The van der Waals surface area contributed by atoms with Crippen LogP contribution in [0.15, 0.2) is 54.1 Å². The fraction of sp³-hybridized carbons (Fsp3) is 0.320. The second-order valence-corrected chi connectivity index (χ2v) is 9.28. The summed E-state index contributed by atoms with van der Waals surface area (Å²) in [7, 11) is 0. The molecule has 0 aliphatic carbocycles. The van der Waals surface area contributed by atoms with E-state index >= 15 is 4.39 Å². The van der Waals surface area contributed by atoms with Gasteiger partial charge in [-0.1, -0.05) is 16.4 Å². The van der Waals surface area contributed by atoms with Crippen LogP contribution in [0.5, 0.6) is 0 Å². The van der Waals surface area contributed by atoms with Crippen molar-refractivity contribution in [2.75, 3.05) is 18.0 Å². The smallest absolute Gasteiger partial charge is 0.414 e. The summed E-state index contributed by atoms with van der Waals surface area (Å²) in [5, 5.41) is 23.6. The Morgan fingerprint density at radius 1 is 1.25 bits per heavy atom. The Kier molecular flexibility index (Phi) is 7.63. The van der Waals surface area contributed by atoms with Gasteiger partial charge in [0.15, 0.2) is 0 Å². The zero-order valence-electron chi connectivity index (χ0n) is 21.0. The van der Waals surface area contributed by atoms with Crippen LogP contribution in [0.1, 0.15) is 18.5 Å². The lowest BCUT2D eigenvalue weighted by Gasteiger charge is -2.15. The van der Waals surface area contributed by atoms with E-state index in [1.807, 2.05) is 0 Å². The van der Waals surface area contributed by atoms with Crippen LogP contribution in [0.2, 0.25) is 0 Å². The molecule has 2 aliphatic rings. The number of anilines is 1. The van der Waals surface area contributed by atoms with Crippen molar-refractivity contribution in [2.45, 2.75) is 37.6 Å². The number of nitrogens with one attached hydrogen (secondary N) is 1. The first kappa shape index (κ1) is 26.7. The lowest BCUT2D eigenvalue weighted by atomic mass is 10.0. The Labute approximate surface area is 226 Å². The van der Waals surface area contributed by atoms with E-state index in [9.17, 15) is 19.5 Å². The summed E-state index contributed by atoms with van der Waals surface area (Å²) in [4.78, 5) is 45.8. The first-order chi connectivity index (χ1) is 19.3. The largest absolute Gasteiger partial charge is 0.480 e. The summed E-state index contributed by atoms with van der Waals surface area (Å²) in [5.41, 5.74) is 7.35. The Morgan fingerprint density at radius 2 is 2.10 bits per heavy atom. The molecule has 2 amide bonds. The molecule has 1 aromatic carbocycles. The minimum atomic E-state index is -1.19. The maximum atomic E-state index is 15.1. The molecule has 2 aliphatic heterocycles. The Bertz CT molecular complexity index is 1430. The van der Waals surface area contributed by atoms with Crippen molar-refractivity contribution in [1.29, 1.82) is 0 Å². The molecule has 0 spiro atoms. The standard InChI is InChI=1S/C25H25FN8O6/c26-19-7-15(34-13-17(39-25(34)38)12-33-6-5-30-32-33)2-3-18(19)14-1-4-20(28-10-14)21-8-16(40-31-21)11-29-22(24(36)37)9-23(27)35/h1-7,10,16-17,22,29H,8-9,11-13H2,(H2,27,35)(H,36,37)/t16-,17?,22-/m0/s1. The molecule has 208 valence electrons. The monoisotopic (exact) mass is 552 g/mol. The number of carboxylic acid groups (broad SMARTS) is 1. The number of hydrogen-bond acceptors (Lipinski definition) is 10. The molecule has 0 saturated carbocycles. The fourth-order valence-corrected chi connectivity index (χ4v) is 4.41. The Balaban J connectivity index is 1.19. The molecule has 0 bridgehead atoms. The van der Waals surface area contributed by atoms with Gasteiger partial charge in [-0.3, -0.25) is 19.5 Å². The highest BCUT2D eigenvalue weighted by Crippen LogP contribution is 2.29. The number of oxime groups is 1. The van der Waals surface area contributed by atoms with E-state index < -0.39 is 42.0 Å². The third kappa shape index (κ3) is 6.04. The van der Waals surface area contributed by atoms with Crippen LogP contribution < -0.4 is 16.0 Å². The number of amides is 2. The van der Waals surface area contributed by atoms with E-state index in [2.05, 4.69) is 25.8 Å². The molecule has 2 aromatic heterocycles. The lowest BCUT2D eigenvalue weighted by molar-refractivity contribution is -0.141. The van der Waals surface area contributed by atoms with Gasteiger partial charge in [-0.25, -0.2) is 13.9 Å². The molecule has 15 heteroatoms. The van der Waals surface area contributed by atoms with Crippen LogP contribution in [0.3, 0.4) is 0 Å². The number of hydrogen-bond donors (Lipinski definition) is 3. The van der Waals surface area contributed by atoms with Gasteiger partial charge in [-0.2, -0.15) is 0 Å². The van der Waals surface area contributed by atoms with Gasteiger partial charge in [-0.15, -0.1) is 5.10 Å². The predicted octanol–water partition coefficient (Wildman–Crippen LogP) is 0.916. The summed E-state index contributed by atoms with van der Waals surface area (Å²) in [5.74, 6) is -2.45. The van der Waals surface area contributed by atoms with Gasteiger partial charge >= 0.3 is 12.1 Å². The average molecular weight is 553 g/mol. The molecule has 4 N–H and O–H groups in total. The number of halogens is 1. The zero-order valence-corrected chi connectivity index (χ0v) is 21.0. The first-order valence-corrected chi connectivity index (χ1v) is 12.3. The van der Waals surface area contributed by atoms with Gasteiger partial charge in [0.1, 0.15) is 29.8 Å². The summed E-state index contributed by atoms with van der Waals surface area (Å²) in [6, 6.07) is 6.74. The highest BCUT2D eigenvalue weighted by Gasteiger charge is 2.33. The number of nitrogens with two attached hydrogens (primary N) is 1. The molecular formula is C25H25FN8O6. The number of aromatic nitrogens is 4. The van der Waals surface area contributed by atoms with Crippen LogP contribution in [0.25, 0.3) is 11.1 Å². The number of carbonyl (C=O) groups is 3. The molecule has 1 fully saturated rings. The summed E-state index contributed by atoms with van der Waals surface area (Å²) < 4.78 is 22.0. The molecule has 4 heterocycles. The third-order valence-corrected chi connectivity index (χ3v) is 6.40. The maximum Gasteiger partial charge on any atom is 0.414 e. The summed E-state index contributed by atoms with van der Waals surface area (Å²) >= 11 is 0. The lowest BCUT2D eigenvalue weighted by Crippen LogP contribution is -2.43. The summed E-state index contributed by atoms with van der Waals surface area (Å²) in [6.45, 7) is 0.724. The summed E-state index contributed by atoms with van der Waals surface area (Å²) in [6.07, 6.45) is 3.25. The van der Waals surface area contributed by atoms with E-state index in [4.69, 9.17) is 15.3 Å². The van der Waals surface area contributed by atoms with Gasteiger partial charge in [0, 0.05) is 36.5 Å². The topological polar surface area (TPSA) is 187 Å². The van der Waals surface area contributed by atoms with Crippen LogP contribution in [-0.4, -0.2) is 80.1 Å². The highest BCUT2D eigenvalue weighted by atomic mass is 19.1. The average Bonchev–Trinajstić information content (AvgIpc) is 3.68. The number of rotatable bonds is 11. The van der Waals surface area contributed by atoms with E-state index in [0.29, 0.717) is 41.2 Å². The normalized spacial score (nSPS) is 19.2. The Morgan fingerprint density at radius 3 is 2.77 bits per heavy atom. The van der Waals surface area contributed by atoms with Gasteiger partial charge < -0.3 is 25.7 Å². The number of aliphatic carboxylic acids is 1. The number of pyridine rings is 1. The van der Waals surface area contributed by atoms with Crippen molar-refractivity contribution >= 4 is 29.4 Å². The second-order valence-electron chi connectivity index (χ2n) is 9.28. The number of carbonyl (C=O) groups excluding carboxylic acids is 2. The van der Waals surface area contributed by atoms with Crippen molar-refractivity contribution in [1.82, 2.24) is 25.3 Å². The van der Waals surface area contributed by atoms with E-state index in [0.717, 1.165) is 0 Å². The van der Waals surface area contributed by atoms with E-state index in [-0.39, 0.29) is 19.5 Å². The second kappa shape index (κ2) is 11.4. The molecule has 1 unspecified atom stereocenters. The van der Waals surface area contributed by atoms with Gasteiger partial charge in [0.05, 0.1) is 37.1 Å². The van der Waals surface area contributed by atoms with E-state index in [1.54, 1.807) is 35.1 Å². The first-order valence-electron chi connectivity index (χ1n) is 12.3.